The fourth-order valence-electron chi connectivity index (χ4n) is 5.44. The van der Waals surface area contributed by atoms with Gasteiger partial charge in [-0.15, -0.1) is 0 Å². The van der Waals surface area contributed by atoms with Gasteiger partial charge >= 0.3 is 0 Å². The molecule has 4 atom stereocenters. The van der Waals surface area contributed by atoms with Gasteiger partial charge in [0.25, 0.3) is 0 Å². The highest BCUT2D eigenvalue weighted by molar-refractivity contribution is 5.44. The van der Waals surface area contributed by atoms with E-state index in [-0.39, 0.29) is 11.5 Å². The molecule has 3 heteroatoms. The molecular weight excluding hydrogens is 310 g/mol. The first-order valence-corrected chi connectivity index (χ1v) is 9.35. The van der Waals surface area contributed by atoms with Gasteiger partial charge in [0.15, 0.2) is 0 Å². The maximum absolute atomic E-state index is 11.5. The smallest absolute Gasteiger partial charge is 0.115 e. The fraction of sp³-hybridized carbons (Fsp3) is 0.455. The number of aryl methyl sites for hydroxylation is 1. The predicted molar refractivity (Wildman–Crippen MR) is 99.4 cm³/mol. The highest BCUT2D eigenvalue weighted by atomic mass is 16.3. The molecule has 0 amide bonds. The Labute approximate surface area is 149 Å². The summed E-state index contributed by atoms with van der Waals surface area (Å²) in [6, 6.07) is 15.4. The highest BCUT2D eigenvalue weighted by Crippen LogP contribution is 2.56. The van der Waals surface area contributed by atoms with E-state index in [9.17, 15) is 10.2 Å². The molecule has 2 aromatic rings. The Hall–Kier alpha value is -1.84. The lowest BCUT2D eigenvalue weighted by atomic mass is 9.51. The average molecular weight is 337 g/mol. The van der Waals surface area contributed by atoms with Gasteiger partial charge in [0.05, 0.1) is 0 Å². The van der Waals surface area contributed by atoms with E-state index >= 15 is 0 Å². The van der Waals surface area contributed by atoms with Crippen LogP contribution < -0.4 is 5.73 Å². The summed E-state index contributed by atoms with van der Waals surface area (Å²) in [5, 5.41) is 21.3. The molecule has 4 rings (SSSR count). The van der Waals surface area contributed by atoms with Crippen LogP contribution in [0, 0.1) is 5.92 Å². The van der Waals surface area contributed by atoms with Crippen molar-refractivity contribution in [2.45, 2.75) is 56.1 Å². The SMILES string of the molecule is CCC12CC(N)C(O)(c3ccccc3)CC1CCc1cc(O)ccc12. The zero-order chi connectivity index (χ0) is 17.7. The van der Waals surface area contributed by atoms with Crippen LogP contribution in [0.2, 0.25) is 0 Å². The Kier molecular flexibility index (Phi) is 3.89. The lowest BCUT2D eigenvalue weighted by Gasteiger charge is -2.55. The molecule has 2 aromatic carbocycles. The van der Waals surface area contributed by atoms with Crippen molar-refractivity contribution in [3.63, 3.8) is 0 Å². The average Bonchev–Trinajstić information content (AvgIpc) is 2.63. The first-order chi connectivity index (χ1) is 12.0. The quantitative estimate of drug-likeness (QED) is 0.784. The van der Waals surface area contributed by atoms with Gasteiger partial charge < -0.3 is 15.9 Å². The van der Waals surface area contributed by atoms with E-state index in [1.165, 1.54) is 11.1 Å². The number of phenolic OH excluding ortho intramolecular Hbond substituents is 1. The molecule has 0 aliphatic heterocycles. The van der Waals surface area contributed by atoms with Crippen molar-refractivity contribution in [2.24, 2.45) is 11.7 Å². The summed E-state index contributed by atoms with van der Waals surface area (Å²) in [6.07, 6.45) is 4.47. The highest BCUT2D eigenvalue weighted by Gasteiger charge is 2.54. The van der Waals surface area contributed by atoms with Gasteiger partial charge in [-0.2, -0.15) is 0 Å². The van der Waals surface area contributed by atoms with Crippen molar-refractivity contribution in [3.8, 4) is 5.75 Å². The van der Waals surface area contributed by atoms with Crippen LogP contribution in [0.25, 0.3) is 0 Å². The van der Waals surface area contributed by atoms with Crippen LogP contribution in [0.1, 0.15) is 49.3 Å². The third kappa shape index (κ3) is 2.41. The van der Waals surface area contributed by atoms with Gasteiger partial charge in [-0.05, 0) is 72.3 Å². The molecule has 2 aliphatic carbocycles. The molecule has 25 heavy (non-hydrogen) atoms. The second-order valence-electron chi connectivity index (χ2n) is 7.89. The monoisotopic (exact) mass is 337 g/mol. The molecule has 0 heterocycles. The third-order valence-electron chi connectivity index (χ3n) is 6.83. The standard InChI is InChI=1S/C22H27NO2/c1-2-21-14-20(23)22(25,16-6-4-3-5-7-16)13-17(21)9-8-15-12-18(24)10-11-19(15)21/h3-7,10-12,17,20,24-25H,2,8-9,13-14,23H2,1H3. The summed E-state index contributed by atoms with van der Waals surface area (Å²) in [5.74, 6) is 0.740. The largest absolute Gasteiger partial charge is 0.508 e. The second-order valence-corrected chi connectivity index (χ2v) is 7.89. The lowest BCUT2D eigenvalue weighted by molar-refractivity contribution is -0.0731. The molecule has 0 aromatic heterocycles. The van der Waals surface area contributed by atoms with Crippen molar-refractivity contribution in [2.75, 3.05) is 0 Å². The molecule has 1 saturated carbocycles. The molecule has 4 unspecified atom stereocenters. The molecule has 4 N–H and O–H groups in total. The van der Waals surface area contributed by atoms with E-state index in [0.29, 0.717) is 18.1 Å². The lowest BCUT2D eigenvalue weighted by Crippen LogP contribution is -2.59. The van der Waals surface area contributed by atoms with Crippen LogP contribution in [-0.2, 0) is 17.4 Å². The zero-order valence-corrected chi connectivity index (χ0v) is 14.8. The molecule has 3 nitrogen and oxygen atoms in total. The fourth-order valence-corrected chi connectivity index (χ4v) is 5.44. The van der Waals surface area contributed by atoms with Crippen molar-refractivity contribution >= 4 is 0 Å². The summed E-state index contributed by atoms with van der Waals surface area (Å²) in [6.45, 7) is 2.23. The Morgan fingerprint density at radius 1 is 1.12 bits per heavy atom. The molecule has 1 fully saturated rings. The predicted octanol–water partition coefficient (Wildman–Crippen LogP) is 3.61. The topological polar surface area (TPSA) is 66.5 Å². The van der Waals surface area contributed by atoms with Crippen molar-refractivity contribution in [1.82, 2.24) is 0 Å². The van der Waals surface area contributed by atoms with Crippen LogP contribution in [0.5, 0.6) is 5.75 Å². The van der Waals surface area contributed by atoms with Crippen LogP contribution in [0.15, 0.2) is 48.5 Å². The number of aliphatic hydroxyl groups is 1. The summed E-state index contributed by atoms with van der Waals surface area (Å²) in [7, 11) is 0. The van der Waals surface area contributed by atoms with Gasteiger partial charge in [-0.3, -0.25) is 0 Å². The minimum atomic E-state index is -0.959. The number of rotatable bonds is 2. The van der Waals surface area contributed by atoms with Gasteiger partial charge in [-0.25, -0.2) is 0 Å². The number of phenols is 1. The molecule has 132 valence electrons. The summed E-state index contributed by atoms with van der Waals surface area (Å²) in [4.78, 5) is 0. The second kappa shape index (κ2) is 5.86. The van der Waals surface area contributed by atoms with Gasteiger partial charge in [0.1, 0.15) is 11.4 Å². The first-order valence-electron chi connectivity index (χ1n) is 9.35. The number of benzene rings is 2. The van der Waals surface area contributed by atoms with Gasteiger partial charge in [0.2, 0.25) is 0 Å². The van der Waals surface area contributed by atoms with E-state index in [4.69, 9.17) is 5.73 Å². The Morgan fingerprint density at radius 3 is 2.60 bits per heavy atom. The van der Waals surface area contributed by atoms with Crippen molar-refractivity contribution in [1.29, 1.82) is 0 Å². The van der Waals surface area contributed by atoms with Crippen LogP contribution in [0.4, 0.5) is 0 Å². The summed E-state index contributed by atoms with van der Waals surface area (Å²) >= 11 is 0. The maximum atomic E-state index is 11.5. The van der Waals surface area contributed by atoms with E-state index in [1.807, 2.05) is 36.4 Å². The van der Waals surface area contributed by atoms with Crippen molar-refractivity contribution < 1.29 is 10.2 Å². The molecule has 2 aliphatic rings. The normalized spacial score (nSPS) is 34.2. The number of hydrogen-bond donors (Lipinski definition) is 3. The van der Waals surface area contributed by atoms with Crippen LogP contribution in [-0.4, -0.2) is 16.3 Å². The number of nitrogens with two attached hydrogens (primary N) is 1. The van der Waals surface area contributed by atoms with E-state index in [1.54, 1.807) is 6.07 Å². The summed E-state index contributed by atoms with van der Waals surface area (Å²) < 4.78 is 0. The molecule has 0 bridgehead atoms. The summed E-state index contributed by atoms with van der Waals surface area (Å²) in [5.41, 5.74) is 9.15. The molecule has 0 radical (unpaired) electrons. The number of fused-ring (bicyclic) bond motifs is 3. The van der Waals surface area contributed by atoms with Crippen molar-refractivity contribution in [3.05, 3.63) is 65.2 Å². The van der Waals surface area contributed by atoms with Gasteiger partial charge in [-0.1, -0.05) is 43.3 Å². The molecular formula is C22H27NO2. The zero-order valence-electron chi connectivity index (χ0n) is 14.8. The van der Waals surface area contributed by atoms with E-state index in [0.717, 1.165) is 31.2 Å². The Bertz CT molecular complexity index is 775. The van der Waals surface area contributed by atoms with Crippen LogP contribution in [0.3, 0.4) is 0 Å². The minimum absolute atomic E-state index is 0.00170. The number of hydrogen-bond acceptors (Lipinski definition) is 3. The number of aromatic hydroxyl groups is 1. The minimum Gasteiger partial charge on any atom is -0.508 e. The Morgan fingerprint density at radius 2 is 1.88 bits per heavy atom. The van der Waals surface area contributed by atoms with Crippen LogP contribution >= 0.6 is 0 Å². The molecule has 0 saturated heterocycles. The molecule has 0 spiro atoms. The van der Waals surface area contributed by atoms with E-state index in [2.05, 4.69) is 13.0 Å². The third-order valence-corrected chi connectivity index (χ3v) is 6.83. The maximum Gasteiger partial charge on any atom is 0.115 e. The van der Waals surface area contributed by atoms with Gasteiger partial charge in [0, 0.05) is 6.04 Å². The first kappa shape index (κ1) is 16.6. The Balaban J connectivity index is 1.77. The van der Waals surface area contributed by atoms with E-state index < -0.39 is 5.60 Å².